The highest BCUT2D eigenvalue weighted by Gasteiger charge is 2.48. The van der Waals surface area contributed by atoms with Crippen LogP contribution < -0.4 is 5.32 Å². The maximum atomic E-state index is 13.2. The number of piperidine rings is 1. The van der Waals surface area contributed by atoms with Gasteiger partial charge in [0.25, 0.3) is 0 Å². The fraction of sp³-hybridized carbons (Fsp3) is 0.619. The molecule has 6 heteroatoms. The summed E-state index contributed by atoms with van der Waals surface area (Å²) >= 11 is 0. The van der Waals surface area contributed by atoms with Crippen molar-refractivity contribution in [1.29, 1.82) is 0 Å². The van der Waals surface area contributed by atoms with Crippen LogP contribution in [0, 0.1) is 0 Å². The Labute approximate surface area is 160 Å². The molecular formula is C21H29N3O3. The minimum atomic E-state index is -0.0372. The molecule has 2 amide bonds. The van der Waals surface area contributed by atoms with Crippen LogP contribution in [0.5, 0.6) is 0 Å². The molecule has 2 aliphatic heterocycles. The number of ether oxygens (including phenoxy) is 1. The predicted octanol–water partition coefficient (Wildman–Crippen LogP) is 1.11. The van der Waals surface area contributed by atoms with Crippen molar-refractivity contribution in [1.82, 2.24) is 15.1 Å². The van der Waals surface area contributed by atoms with E-state index in [1.165, 1.54) is 11.1 Å². The zero-order valence-electron chi connectivity index (χ0n) is 16.1. The SMILES string of the molecule is CNC(=O)CN1CCC2(CC1)CC(C(=O)N1CCOCC1)c1ccccc12. The van der Waals surface area contributed by atoms with Crippen molar-refractivity contribution in [3.05, 3.63) is 35.4 Å². The molecule has 2 saturated heterocycles. The van der Waals surface area contributed by atoms with Gasteiger partial charge in [-0.1, -0.05) is 24.3 Å². The van der Waals surface area contributed by atoms with Gasteiger partial charge in [0.1, 0.15) is 0 Å². The zero-order valence-corrected chi connectivity index (χ0v) is 16.1. The Morgan fingerprint density at radius 1 is 1.15 bits per heavy atom. The molecule has 1 unspecified atom stereocenters. The zero-order chi connectivity index (χ0) is 18.9. The number of morpholine rings is 1. The predicted molar refractivity (Wildman–Crippen MR) is 103 cm³/mol. The third-order valence-electron chi connectivity index (χ3n) is 6.58. The lowest BCUT2D eigenvalue weighted by Gasteiger charge is -2.40. The van der Waals surface area contributed by atoms with Crippen LogP contribution >= 0.6 is 0 Å². The van der Waals surface area contributed by atoms with Crippen molar-refractivity contribution in [3.63, 3.8) is 0 Å². The molecule has 3 aliphatic rings. The molecule has 0 saturated carbocycles. The van der Waals surface area contributed by atoms with Crippen LogP contribution in [0.1, 0.15) is 36.3 Å². The summed E-state index contributed by atoms with van der Waals surface area (Å²) in [5.41, 5.74) is 2.65. The Hall–Kier alpha value is -1.92. The number of nitrogens with one attached hydrogen (secondary N) is 1. The molecule has 0 radical (unpaired) electrons. The quantitative estimate of drug-likeness (QED) is 0.865. The summed E-state index contributed by atoms with van der Waals surface area (Å²) < 4.78 is 5.41. The van der Waals surface area contributed by atoms with E-state index in [2.05, 4.69) is 34.5 Å². The summed E-state index contributed by atoms with van der Waals surface area (Å²) in [5, 5.41) is 2.71. The van der Waals surface area contributed by atoms with Gasteiger partial charge in [0.15, 0.2) is 0 Å². The fourth-order valence-electron chi connectivity index (χ4n) is 5.01. The van der Waals surface area contributed by atoms with Crippen LogP contribution in [-0.4, -0.2) is 74.6 Å². The van der Waals surface area contributed by atoms with Gasteiger partial charge in [0, 0.05) is 20.1 Å². The first-order chi connectivity index (χ1) is 13.1. The third-order valence-corrected chi connectivity index (χ3v) is 6.58. The average Bonchev–Trinajstić information content (AvgIpc) is 3.04. The maximum absolute atomic E-state index is 13.2. The third kappa shape index (κ3) is 3.48. The second kappa shape index (κ2) is 7.60. The lowest BCUT2D eigenvalue weighted by atomic mass is 9.73. The second-order valence-electron chi connectivity index (χ2n) is 8.01. The van der Waals surface area contributed by atoms with Gasteiger partial charge in [-0.15, -0.1) is 0 Å². The summed E-state index contributed by atoms with van der Waals surface area (Å²) in [4.78, 5) is 29.1. The first kappa shape index (κ1) is 18.4. The van der Waals surface area contributed by atoms with Gasteiger partial charge in [0.2, 0.25) is 11.8 Å². The molecule has 1 aromatic rings. The van der Waals surface area contributed by atoms with E-state index < -0.39 is 0 Å². The number of nitrogens with zero attached hydrogens (tertiary/aromatic N) is 2. The first-order valence-corrected chi connectivity index (χ1v) is 10.0. The maximum Gasteiger partial charge on any atom is 0.233 e. The van der Waals surface area contributed by atoms with E-state index in [9.17, 15) is 9.59 Å². The molecule has 1 spiro atoms. The first-order valence-electron chi connectivity index (χ1n) is 10.0. The van der Waals surface area contributed by atoms with Crippen molar-refractivity contribution in [2.75, 3.05) is 53.0 Å². The minimum Gasteiger partial charge on any atom is -0.378 e. The molecule has 1 N–H and O–H groups in total. The van der Waals surface area contributed by atoms with Gasteiger partial charge in [-0.2, -0.15) is 0 Å². The van der Waals surface area contributed by atoms with Crippen molar-refractivity contribution in [2.45, 2.75) is 30.6 Å². The minimum absolute atomic E-state index is 0.0372. The van der Waals surface area contributed by atoms with Crippen LogP contribution in [0.3, 0.4) is 0 Å². The molecule has 1 aliphatic carbocycles. The van der Waals surface area contributed by atoms with Crippen molar-refractivity contribution in [3.8, 4) is 0 Å². The van der Waals surface area contributed by atoms with Crippen LogP contribution in [0.25, 0.3) is 0 Å². The summed E-state index contributed by atoms with van der Waals surface area (Å²) in [6.07, 6.45) is 2.91. The van der Waals surface area contributed by atoms with Gasteiger partial charge in [-0.3, -0.25) is 14.5 Å². The van der Waals surface area contributed by atoms with Gasteiger partial charge < -0.3 is 15.0 Å². The Bertz CT molecular complexity index is 706. The molecule has 0 bridgehead atoms. The molecule has 146 valence electrons. The fourth-order valence-corrected chi connectivity index (χ4v) is 5.01. The topological polar surface area (TPSA) is 61.9 Å². The molecule has 27 heavy (non-hydrogen) atoms. The average molecular weight is 371 g/mol. The number of carbonyl (C=O) groups is 2. The molecular weight excluding hydrogens is 342 g/mol. The molecule has 1 aromatic carbocycles. The number of benzene rings is 1. The van der Waals surface area contributed by atoms with E-state index in [4.69, 9.17) is 4.74 Å². The lowest BCUT2D eigenvalue weighted by molar-refractivity contribution is -0.137. The highest BCUT2D eigenvalue weighted by Crippen LogP contribution is 2.52. The van der Waals surface area contributed by atoms with Gasteiger partial charge in [0.05, 0.1) is 25.7 Å². The van der Waals surface area contributed by atoms with Crippen LogP contribution in [-0.2, 0) is 19.7 Å². The molecule has 0 aromatic heterocycles. The number of hydrogen-bond acceptors (Lipinski definition) is 4. The number of likely N-dealkylation sites (tertiary alicyclic amines) is 1. The highest BCUT2D eigenvalue weighted by molar-refractivity contribution is 5.86. The highest BCUT2D eigenvalue weighted by atomic mass is 16.5. The van der Waals surface area contributed by atoms with Crippen molar-refractivity contribution < 1.29 is 14.3 Å². The number of fused-ring (bicyclic) bond motifs is 2. The normalized spacial score (nSPS) is 24.6. The standard InChI is InChI=1S/C21H29N3O3/c1-22-19(25)15-23-8-6-21(7-9-23)14-17(16-4-2-3-5-18(16)21)20(26)24-10-12-27-13-11-24/h2-5,17H,6-15H2,1H3,(H,22,25). The number of carbonyl (C=O) groups excluding carboxylic acids is 2. The van der Waals surface area contributed by atoms with Gasteiger partial charge in [-0.25, -0.2) is 0 Å². The molecule has 1 atom stereocenters. The van der Waals surface area contributed by atoms with Crippen LogP contribution in [0.2, 0.25) is 0 Å². The molecule has 2 fully saturated rings. The Balaban J connectivity index is 1.52. The number of likely N-dealkylation sites (N-methyl/N-ethyl adjacent to an activating group) is 1. The number of hydrogen-bond donors (Lipinski definition) is 1. The summed E-state index contributed by atoms with van der Waals surface area (Å²) in [6.45, 7) is 4.94. The van der Waals surface area contributed by atoms with Crippen molar-refractivity contribution >= 4 is 11.8 Å². The number of rotatable bonds is 3. The van der Waals surface area contributed by atoms with Crippen molar-refractivity contribution in [2.24, 2.45) is 0 Å². The Morgan fingerprint density at radius 3 is 2.56 bits per heavy atom. The largest absolute Gasteiger partial charge is 0.378 e. The Kier molecular flexibility index (Phi) is 5.19. The molecule has 4 rings (SSSR count). The summed E-state index contributed by atoms with van der Waals surface area (Å²) in [6, 6.07) is 8.51. The number of amides is 2. The van der Waals surface area contributed by atoms with E-state index in [-0.39, 0.29) is 23.1 Å². The van der Waals surface area contributed by atoms with E-state index in [0.717, 1.165) is 32.4 Å². The van der Waals surface area contributed by atoms with E-state index in [1.54, 1.807) is 7.05 Å². The second-order valence-corrected chi connectivity index (χ2v) is 8.01. The summed E-state index contributed by atoms with van der Waals surface area (Å²) in [7, 11) is 1.68. The van der Waals surface area contributed by atoms with E-state index in [0.29, 0.717) is 32.8 Å². The summed E-state index contributed by atoms with van der Waals surface area (Å²) in [5.74, 6) is 0.290. The monoisotopic (exact) mass is 371 g/mol. The van der Waals surface area contributed by atoms with Gasteiger partial charge in [-0.05, 0) is 48.9 Å². The van der Waals surface area contributed by atoms with Gasteiger partial charge >= 0.3 is 0 Å². The van der Waals surface area contributed by atoms with E-state index >= 15 is 0 Å². The van der Waals surface area contributed by atoms with Crippen LogP contribution in [0.15, 0.2) is 24.3 Å². The molecule has 6 nitrogen and oxygen atoms in total. The van der Waals surface area contributed by atoms with E-state index in [1.807, 2.05) is 4.90 Å². The Morgan fingerprint density at radius 2 is 1.85 bits per heavy atom. The molecule has 2 heterocycles. The van der Waals surface area contributed by atoms with Crippen LogP contribution in [0.4, 0.5) is 0 Å². The smallest absolute Gasteiger partial charge is 0.233 e. The lowest BCUT2D eigenvalue weighted by Crippen LogP contribution is -2.46.